The Morgan fingerprint density at radius 3 is 2.74 bits per heavy atom. The SMILES string of the molecule is N=C(N)c1c(F)cccc1N1CCCS(=O)(=O)CC1. The molecule has 1 aliphatic rings. The van der Waals surface area contributed by atoms with Gasteiger partial charge in [-0.3, -0.25) is 5.41 Å². The predicted octanol–water partition coefficient (Wildman–Crippen LogP) is 0.735. The van der Waals surface area contributed by atoms with Gasteiger partial charge in [-0.25, -0.2) is 12.8 Å². The van der Waals surface area contributed by atoms with Crippen LogP contribution in [0, 0.1) is 11.2 Å². The molecule has 0 saturated carbocycles. The number of anilines is 1. The molecular formula is C12H16FN3O2S. The lowest BCUT2D eigenvalue weighted by atomic mass is 10.1. The topological polar surface area (TPSA) is 87.2 Å². The van der Waals surface area contributed by atoms with Gasteiger partial charge in [0.2, 0.25) is 0 Å². The zero-order valence-corrected chi connectivity index (χ0v) is 11.2. The first kappa shape index (κ1) is 13.8. The Morgan fingerprint density at radius 1 is 1.32 bits per heavy atom. The van der Waals surface area contributed by atoms with Crippen LogP contribution in [-0.4, -0.2) is 38.8 Å². The van der Waals surface area contributed by atoms with Crippen LogP contribution in [0.1, 0.15) is 12.0 Å². The normalized spacial score (nSPS) is 18.9. The van der Waals surface area contributed by atoms with Crippen LogP contribution < -0.4 is 10.6 Å². The van der Waals surface area contributed by atoms with Crippen LogP contribution in [0.4, 0.5) is 10.1 Å². The molecule has 7 heteroatoms. The van der Waals surface area contributed by atoms with Crippen LogP contribution in [0.5, 0.6) is 0 Å². The minimum Gasteiger partial charge on any atom is -0.384 e. The van der Waals surface area contributed by atoms with Crippen molar-refractivity contribution in [2.45, 2.75) is 6.42 Å². The fourth-order valence-corrected chi connectivity index (χ4v) is 3.49. The van der Waals surface area contributed by atoms with Crippen molar-refractivity contribution in [1.82, 2.24) is 0 Å². The number of hydrogen-bond acceptors (Lipinski definition) is 4. The van der Waals surface area contributed by atoms with E-state index >= 15 is 0 Å². The third-order valence-electron chi connectivity index (χ3n) is 3.16. The van der Waals surface area contributed by atoms with Crippen molar-refractivity contribution in [3.05, 3.63) is 29.6 Å². The average Bonchev–Trinajstić information content (AvgIpc) is 2.49. The second-order valence-corrected chi connectivity index (χ2v) is 6.84. The summed E-state index contributed by atoms with van der Waals surface area (Å²) >= 11 is 0. The maximum absolute atomic E-state index is 13.7. The molecule has 1 saturated heterocycles. The molecule has 1 aromatic carbocycles. The Labute approximate surface area is 111 Å². The Balaban J connectivity index is 2.37. The first-order chi connectivity index (χ1) is 8.91. The molecule has 0 unspecified atom stereocenters. The number of rotatable bonds is 2. The fourth-order valence-electron chi connectivity index (χ4n) is 2.22. The van der Waals surface area contributed by atoms with Gasteiger partial charge in [0, 0.05) is 13.1 Å². The number of sulfone groups is 1. The lowest BCUT2D eigenvalue weighted by Crippen LogP contribution is -2.30. The summed E-state index contributed by atoms with van der Waals surface area (Å²) in [4.78, 5) is 1.78. The van der Waals surface area contributed by atoms with Crippen LogP contribution >= 0.6 is 0 Å². The third kappa shape index (κ3) is 3.04. The summed E-state index contributed by atoms with van der Waals surface area (Å²) in [7, 11) is -3.02. The van der Waals surface area contributed by atoms with Gasteiger partial charge in [0.25, 0.3) is 0 Å². The second-order valence-electron chi connectivity index (χ2n) is 4.54. The van der Waals surface area contributed by atoms with Gasteiger partial charge in [-0.2, -0.15) is 0 Å². The van der Waals surface area contributed by atoms with Gasteiger partial charge in [-0.15, -0.1) is 0 Å². The molecule has 19 heavy (non-hydrogen) atoms. The summed E-state index contributed by atoms with van der Waals surface area (Å²) in [5.74, 6) is -0.716. The molecule has 2 rings (SSSR count). The highest BCUT2D eigenvalue weighted by Gasteiger charge is 2.22. The number of nitrogens with two attached hydrogens (primary N) is 1. The van der Waals surface area contributed by atoms with Gasteiger partial charge < -0.3 is 10.6 Å². The minimum absolute atomic E-state index is 0.0425. The summed E-state index contributed by atoms with van der Waals surface area (Å²) in [6, 6.07) is 4.45. The molecule has 0 bridgehead atoms. The first-order valence-corrected chi connectivity index (χ1v) is 7.81. The molecule has 104 valence electrons. The predicted molar refractivity (Wildman–Crippen MR) is 72.9 cm³/mol. The van der Waals surface area contributed by atoms with Gasteiger partial charge in [-0.05, 0) is 18.6 Å². The van der Waals surface area contributed by atoms with Crippen molar-refractivity contribution in [2.24, 2.45) is 5.73 Å². The molecule has 0 aliphatic carbocycles. The van der Waals surface area contributed by atoms with Crippen molar-refractivity contribution in [3.63, 3.8) is 0 Å². The molecule has 0 radical (unpaired) electrons. The lowest BCUT2D eigenvalue weighted by molar-refractivity contribution is 0.597. The van der Waals surface area contributed by atoms with Crippen LogP contribution in [0.15, 0.2) is 18.2 Å². The van der Waals surface area contributed by atoms with Crippen molar-refractivity contribution in [1.29, 1.82) is 5.41 Å². The van der Waals surface area contributed by atoms with Crippen molar-refractivity contribution in [2.75, 3.05) is 29.5 Å². The maximum Gasteiger partial charge on any atom is 0.152 e. The molecule has 3 N–H and O–H groups in total. The largest absolute Gasteiger partial charge is 0.384 e. The van der Waals surface area contributed by atoms with E-state index in [2.05, 4.69) is 0 Å². The molecule has 1 fully saturated rings. The van der Waals surface area contributed by atoms with E-state index in [0.29, 0.717) is 25.2 Å². The first-order valence-electron chi connectivity index (χ1n) is 5.99. The number of benzene rings is 1. The van der Waals surface area contributed by atoms with E-state index in [1.54, 1.807) is 11.0 Å². The maximum atomic E-state index is 13.7. The zero-order valence-electron chi connectivity index (χ0n) is 10.4. The van der Waals surface area contributed by atoms with E-state index in [-0.39, 0.29) is 22.9 Å². The summed E-state index contributed by atoms with van der Waals surface area (Å²) in [6.07, 6.45) is 0.496. The van der Waals surface area contributed by atoms with Crippen LogP contribution in [0.25, 0.3) is 0 Å². The van der Waals surface area contributed by atoms with E-state index in [9.17, 15) is 12.8 Å². The number of halogens is 1. The monoisotopic (exact) mass is 285 g/mol. The summed E-state index contributed by atoms with van der Waals surface area (Å²) in [5, 5.41) is 7.46. The minimum atomic E-state index is -3.02. The van der Waals surface area contributed by atoms with E-state index in [1.165, 1.54) is 12.1 Å². The molecule has 0 aromatic heterocycles. The Bertz CT molecular complexity index is 601. The van der Waals surface area contributed by atoms with E-state index in [0.717, 1.165) is 0 Å². The van der Waals surface area contributed by atoms with E-state index in [4.69, 9.17) is 11.1 Å². The molecule has 1 aromatic rings. The quantitative estimate of drug-likeness (QED) is 0.619. The highest BCUT2D eigenvalue weighted by Crippen LogP contribution is 2.24. The average molecular weight is 285 g/mol. The van der Waals surface area contributed by atoms with Gasteiger partial charge in [0.15, 0.2) is 9.84 Å². The van der Waals surface area contributed by atoms with Crippen LogP contribution in [-0.2, 0) is 9.84 Å². The molecule has 5 nitrogen and oxygen atoms in total. The molecular weight excluding hydrogens is 269 g/mol. The number of amidine groups is 1. The van der Waals surface area contributed by atoms with Crippen LogP contribution in [0.3, 0.4) is 0 Å². The molecule has 0 atom stereocenters. The Hall–Kier alpha value is -1.63. The molecule has 1 heterocycles. The van der Waals surface area contributed by atoms with Gasteiger partial charge in [-0.1, -0.05) is 6.07 Å². The summed E-state index contributed by atoms with van der Waals surface area (Å²) < 4.78 is 36.9. The number of hydrogen-bond donors (Lipinski definition) is 2. The Kier molecular flexibility index (Phi) is 3.75. The van der Waals surface area contributed by atoms with Gasteiger partial charge >= 0.3 is 0 Å². The fraction of sp³-hybridized carbons (Fsp3) is 0.417. The molecule has 0 amide bonds. The lowest BCUT2D eigenvalue weighted by Gasteiger charge is -2.24. The van der Waals surface area contributed by atoms with E-state index < -0.39 is 15.7 Å². The number of nitrogen functional groups attached to an aromatic ring is 1. The van der Waals surface area contributed by atoms with Crippen molar-refractivity contribution >= 4 is 21.4 Å². The second kappa shape index (κ2) is 5.16. The number of nitrogens with zero attached hydrogens (tertiary/aromatic N) is 1. The molecule has 0 spiro atoms. The highest BCUT2D eigenvalue weighted by atomic mass is 32.2. The van der Waals surface area contributed by atoms with Crippen molar-refractivity contribution < 1.29 is 12.8 Å². The smallest absolute Gasteiger partial charge is 0.152 e. The summed E-state index contributed by atoms with van der Waals surface area (Å²) in [5.41, 5.74) is 5.95. The van der Waals surface area contributed by atoms with E-state index in [1.807, 2.05) is 0 Å². The highest BCUT2D eigenvalue weighted by molar-refractivity contribution is 7.91. The molecule has 1 aliphatic heterocycles. The summed E-state index contributed by atoms with van der Waals surface area (Å²) in [6.45, 7) is 0.815. The van der Waals surface area contributed by atoms with Gasteiger partial charge in [0.1, 0.15) is 11.7 Å². The number of nitrogens with one attached hydrogen (secondary N) is 1. The van der Waals surface area contributed by atoms with Crippen molar-refractivity contribution in [3.8, 4) is 0 Å². The third-order valence-corrected chi connectivity index (χ3v) is 4.87. The Morgan fingerprint density at radius 2 is 2.05 bits per heavy atom. The zero-order chi connectivity index (χ0) is 14.0. The van der Waals surface area contributed by atoms with Gasteiger partial charge in [0.05, 0.1) is 22.8 Å². The van der Waals surface area contributed by atoms with Crippen LogP contribution in [0.2, 0.25) is 0 Å². The standard InChI is InChI=1S/C12H16FN3O2S/c13-9-3-1-4-10(11(9)12(14)15)16-5-2-7-19(17,18)8-6-16/h1,3-4H,2,5-8H2,(H3,14,15).